The maximum Gasteiger partial charge on any atom is 0.230 e. The fourth-order valence-corrected chi connectivity index (χ4v) is 1.38. The average Bonchev–Trinajstić information content (AvgIpc) is 2.50. The van der Waals surface area contributed by atoms with E-state index >= 15 is 0 Å². The predicted octanol–water partition coefficient (Wildman–Crippen LogP) is 0.875. The summed E-state index contributed by atoms with van der Waals surface area (Å²) in [5.74, 6) is 1.63. The van der Waals surface area contributed by atoms with E-state index in [0.717, 1.165) is 6.42 Å². The molecule has 1 aromatic heterocycles. The molecule has 5 nitrogen and oxygen atoms in total. The van der Waals surface area contributed by atoms with E-state index in [9.17, 15) is 5.11 Å². The molecule has 0 bridgehead atoms. The van der Waals surface area contributed by atoms with Crippen molar-refractivity contribution in [3.63, 3.8) is 0 Å². The molecular weight excluding hydrogens is 194 g/mol. The van der Waals surface area contributed by atoms with Gasteiger partial charge in [-0.05, 0) is 12.3 Å². The third kappa shape index (κ3) is 4.90. The van der Waals surface area contributed by atoms with Crippen LogP contribution in [0.2, 0.25) is 0 Å². The number of aromatic nitrogens is 2. The zero-order valence-electron chi connectivity index (χ0n) is 9.53. The van der Waals surface area contributed by atoms with E-state index in [1.54, 1.807) is 6.92 Å². The molecule has 5 heteroatoms. The minimum Gasteiger partial charge on any atom is -0.424 e. The van der Waals surface area contributed by atoms with Crippen LogP contribution in [0.3, 0.4) is 0 Å². The third-order valence-electron chi connectivity index (χ3n) is 1.97. The molecule has 0 fully saturated rings. The molecule has 1 unspecified atom stereocenters. The topological polar surface area (TPSA) is 71.2 Å². The van der Waals surface area contributed by atoms with E-state index in [-0.39, 0.29) is 6.10 Å². The maximum absolute atomic E-state index is 9.57. The van der Waals surface area contributed by atoms with Crippen LogP contribution in [0.5, 0.6) is 0 Å². The molecular formula is C10H19N3O2. The summed E-state index contributed by atoms with van der Waals surface area (Å²) in [6, 6.07) is 0. The second kappa shape index (κ2) is 5.82. The highest BCUT2D eigenvalue weighted by molar-refractivity contribution is 4.78. The Hall–Kier alpha value is -0.940. The Kier molecular flexibility index (Phi) is 4.71. The number of aliphatic hydroxyl groups is 1. The van der Waals surface area contributed by atoms with Crippen LogP contribution in [-0.4, -0.2) is 28.0 Å². The Morgan fingerprint density at radius 1 is 1.40 bits per heavy atom. The highest BCUT2D eigenvalue weighted by Crippen LogP contribution is 2.03. The zero-order chi connectivity index (χ0) is 11.3. The molecule has 2 N–H and O–H groups in total. The molecule has 0 aliphatic carbocycles. The lowest BCUT2D eigenvalue weighted by Gasteiger charge is -2.12. The first-order valence-electron chi connectivity index (χ1n) is 5.25. The van der Waals surface area contributed by atoms with Crippen LogP contribution in [0.4, 0.5) is 0 Å². The smallest absolute Gasteiger partial charge is 0.230 e. The summed E-state index contributed by atoms with van der Waals surface area (Å²) in [5.41, 5.74) is 0. The number of hydrogen-bond donors (Lipinski definition) is 2. The van der Waals surface area contributed by atoms with Crippen molar-refractivity contribution in [2.75, 3.05) is 6.54 Å². The van der Waals surface area contributed by atoms with Gasteiger partial charge in [-0.15, -0.1) is 10.2 Å². The lowest BCUT2D eigenvalue weighted by molar-refractivity contribution is 0.145. The second-order valence-corrected chi connectivity index (χ2v) is 4.13. The summed E-state index contributed by atoms with van der Waals surface area (Å²) in [6.07, 6.45) is 0.490. The zero-order valence-corrected chi connectivity index (χ0v) is 9.53. The average molecular weight is 213 g/mol. The number of nitrogens with one attached hydrogen (secondary N) is 1. The van der Waals surface area contributed by atoms with Crippen LogP contribution in [-0.2, 0) is 6.54 Å². The standard InChI is InChI=1S/C10H19N3O2/c1-7(2)4-9(14)5-11-6-10-13-12-8(3)15-10/h7,9,11,14H,4-6H2,1-3H3. The quantitative estimate of drug-likeness (QED) is 0.733. The Morgan fingerprint density at radius 3 is 2.67 bits per heavy atom. The predicted molar refractivity (Wildman–Crippen MR) is 56.2 cm³/mol. The normalized spacial score (nSPS) is 13.4. The molecule has 86 valence electrons. The fraction of sp³-hybridized carbons (Fsp3) is 0.800. The SMILES string of the molecule is Cc1nnc(CNCC(O)CC(C)C)o1. The molecule has 0 amide bonds. The summed E-state index contributed by atoms with van der Waals surface area (Å²) in [5, 5.41) is 20.2. The van der Waals surface area contributed by atoms with Gasteiger partial charge in [0, 0.05) is 13.5 Å². The Labute approximate surface area is 89.9 Å². The van der Waals surface area contributed by atoms with Crippen molar-refractivity contribution in [3.8, 4) is 0 Å². The first-order chi connectivity index (χ1) is 7.08. The van der Waals surface area contributed by atoms with E-state index in [1.165, 1.54) is 0 Å². The van der Waals surface area contributed by atoms with Crippen molar-refractivity contribution in [2.45, 2.75) is 39.8 Å². The van der Waals surface area contributed by atoms with Crippen molar-refractivity contribution in [3.05, 3.63) is 11.8 Å². The van der Waals surface area contributed by atoms with Gasteiger partial charge >= 0.3 is 0 Å². The minimum atomic E-state index is -0.311. The molecule has 0 radical (unpaired) electrons. The number of aryl methyl sites for hydroxylation is 1. The van der Waals surface area contributed by atoms with Gasteiger partial charge in [-0.25, -0.2) is 0 Å². The van der Waals surface area contributed by atoms with Gasteiger partial charge < -0.3 is 14.8 Å². The minimum absolute atomic E-state index is 0.311. The van der Waals surface area contributed by atoms with Gasteiger partial charge in [-0.3, -0.25) is 0 Å². The molecule has 1 heterocycles. The number of aliphatic hydroxyl groups excluding tert-OH is 1. The van der Waals surface area contributed by atoms with Crippen molar-refractivity contribution in [1.29, 1.82) is 0 Å². The van der Waals surface area contributed by atoms with Gasteiger partial charge in [-0.1, -0.05) is 13.8 Å². The summed E-state index contributed by atoms with van der Waals surface area (Å²) < 4.78 is 5.18. The number of hydrogen-bond acceptors (Lipinski definition) is 5. The van der Waals surface area contributed by atoms with Crippen molar-refractivity contribution < 1.29 is 9.52 Å². The molecule has 0 aliphatic heterocycles. The lowest BCUT2D eigenvalue weighted by atomic mass is 10.1. The first kappa shape index (κ1) is 12.1. The summed E-state index contributed by atoms with van der Waals surface area (Å²) in [4.78, 5) is 0. The van der Waals surface area contributed by atoms with E-state index in [0.29, 0.717) is 30.8 Å². The molecule has 0 aromatic carbocycles. The Morgan fingerprint density at radius 2 is 2.13 bits per heavy atom. The van der Waals surface area contributed by atoms with Gasteiger partial charge in [0.1, 0.15) is 0 Å². The Balaban J connectivity index is 2.16. The molecule has 0 spiro atoms. The first-order valence-corrected chi connectivity index (χ1v) is 5.25. The van der Waals surface area contributed by atoms with Gasteiger partial charge in [0.25, 0.3) is 0 Å². The summed E-state index contributed by atoms with van der Waals surface area (Å²) in [6.45, 7) is 6.99. The fourth-order valence-electron chi connectivity index (χ4n) is 1.38. The van der Waals surface area contributed by atoms with E-state index in [1.807, 2.05) is 0 Å². The van der Waals surface area contributed by atoms with Crippen LogP contribution in [0.25, 0.3) is 0 Å². The molecule has 15 heavy (non-hydrogen) atoms. The van der Waals surface area contributed by atoms with Gasteiger partial charge in [0.15, 0.2) is 0 Å². The maximum atomic E-state index is 9.57. The van der Waals surface area contributed by atoms with Crippen LogP contribution < -0.4 is 5.32 Å². The van der Waals surface area contributed by atoms with Crippen molar-refractivity contribution in [2.24, 2.45) is 5.92 Å². The van der Waals surface area contributed by atoms with Gasteiger partial charge in [0.2, 0.25) is 11.8 Å². The molecule has 0 saturated carbocycles. The monoisotopic (exact) mass is 213 g/mol. The van der Waals surface area contributed by atoms with Gasteiger partial charge in [0.05, 0.1) is 12.6 Å². The third-order valence-corrected chi connectivity index (χ3v) is 1.97. The lowest BCUT2D eigenvalue weighted by Crippen LogP contribution is -2.27. The Bertz CT molecular complexity index is 286. The van der Waals surface area contributed by atoms with E-state index in [4.69, 9.17) is 4.42 Å². The molecule has 1 rings (SSSR count). The molecule has 0 saturated heterocycles. The molecule has 0 aliphatic rings. The summed E-state index contributed by atoms with van der Waals surface area (Å²) in [7, 11) is 0. The largest absolute Gasteiger partial charge is 0.424 e. The summed E-state index contributed by atoms with van der Waals surface area (Å²) >= 11 is 0. The van der Waals surface area contributed by atoms with Crippen LogP contribution in [0, 0.1) is 12.8 Å². The molecule has 1 aromatic rings. The van der Waals surface area contributed by atoms with Gasteiger partial charge in [-0.2, -0.15) is 0 Å². The number of nitrogens with zero attached hydrogens (tertiary/aromatic N) is 2. The van der Waals surface area contributed by atoms with Crippen LogP contribution in [0.1, 0.15) is 32.0 Å². The van der Waals surface area contributed by atoms with Crippen molar-refractivity contribution >= 4 is 0 Å². The van der Waals surface area contributed by atoms with E-state index < -0.39 is 0 Å². The van der Waals surface area contributed by atoms with E-state index in [2.05, 4.69) is 29.4 Å². The highest BCUT2D eigenvalue weighted by atomic mass is 16.4. The second-order valence-electron chi connectivity index (χ2n) is 4.13. The van der Waals surface area contributed by atoms with Crippen molar-refractivity contribution in [1.82, 2.24) is 15.5 Å². The molecule has 1 atom stereocenters. The van der Waals surface area contributed by atoms with Crippen LogP contribution in [0.15, 0.2) is 4.42 Å². The highest BCUT2D eigenvalue weighted by Gasteiger charge is 2.07. The van der Waals surface area contributed by atoms with Crippen LogP contribution >= 0.6 is 0 Å². The number of rotatable bonds is 6.